The van der Waals surface area contributed by atoms with Gasteiger partial charge in [0.2, 0.25) is 20.0 Å². The highest BCUT2D eigenvalue weighted by Gasteiger charge is 2.34. The molecule has 0 saturated heterocycles. The lowest BCUT2D eigenvalue weighted by atomic mass is 9.99. The van der Waals surface area contributed by atoms with Crippen molar-refractivity contribution < 1.29 is 16.8 Å². The number of benzene rings is 2. The highest BCUT2D eigenvalue weighted by molar-refractivity contribution is 7.92. The molecule has 1 N–H and O–H groups in total. The van der Waals surface area contributed by atoms with Crippen LogP contribution in [0.15, 0.2) is 59.7 Å². The van der Waals surface area contributed by atoms with Crippen molar-refractivity contribution in [2.75, 3.05) is 16.7 Å². The second kappa shape index (κ2) is 7.32. The lowest BCUT2D eigenvalue weighted by Gasteiger charge is -2.21. The smallest absolute Gasteiger partial charge is 0.247 e. The highest BCUT2D eigenvalue weighted by atomic mass is 32.2. The summed E-state index contributed by atoms with van der Waals surface area (Å²) in [5.41, 5.74) is 2.54. The molecule has 0 spiro atoms. The number of hydrogen-bond donors (Lipinski definition) is 1. The average molecular weight is 408 g/mol. The van der Waals surface area contributed by atoms with Crippen molar-refractivity contribution in [2.24, 2.45) is 5.10 Å². The summed E-state index contributed by atoms with van der Waals surface area (Å²) in [4.78, 5) is 0. The Hall–Kier alpha value is -2.39. The number of anilines is 1. The zero-order valence-corrected chi connectivity index (χ0v) is 16.7. The van der Waals surface area contributed by atoms with Gasteiger partial charge in [-0.3, -0.25) is 4.72 Å². The lowest BCUT2D eigenvalue weighted by Crippen LogP contribution is -2.25. The zero-order valence-electron chi connectivity index (χ0n) is 15.0. The average Bonchev–Trinajstić information content (AvgIpc) is 3.08. The maximum absolute atomic E-state index is 12.2. The van der Waals surface area contributed by atoms with E-state index in [4.69, 9.17) is 0 Å². The Bertz CT molecular complexity index is 1060. The number of nitrogens with one attached hydrogen (secondary N) is 1. The molecule has 0 aromatic heterocycles. The minimum atomic E-state index is -3.55. The first-order chi connectivity index (χ1) is 12.7. The van der Waals surface area contributed by atoms with E-state index in [0.29, 0.717) is 23.4 Å². The summed E-state index contributed by atoms with van der Waals surface area (Å²) in [6.45, 7) is 1.56. The molecule has 0 amide bonds. The van der Waals surface area contributed by atoms with Crippen LogP contribution in [0.2, 0.25) is 0 Å². The van der Waals surface area contributed by atoms with Gasteiger partial charge < -0.3 is 0 Å². The van der Waals surface area contributed by atoms with Crippen LogP contribution in [0, 0.1) is 0 Å². The van der Waals surface area contributed by atoms with Crippen LogP contribution in [0.5, 0.6) is 0 Å². The van der Waals surface area contributed by atoms with Crippen LogP contribution in [-0.4, -0.2) is 39.0 Å². The maximum Gasteiger partial charge on any atom is 0.247 e. The van der Waals surface area contributed by atoms with Gasteiger partial charge in [0, 0.05) is 12.1 Å². The topological polar surface area (TPSA) is 95.9 Å². The van der Waals surface area contributed by atoms with Crippen LogP contribution in [0.3, 0.4) is 0 Å². The molecule has 0 saturated carbocycles. The number of hydrazone groups is 1. The van der Waals surface area contributed by atoms with Crippen LogP contribution >= 0.6 is 0 Å². The third-order valence-electron chi connectivity index (χ3n) is 4.25. The molecule has 1 aliphatic heterocycles. The first kappa shape index (κ1) is 19.4. The van der Waals surface area contributed by atoms with Crippen LogP contribution < -0.4 is 4.72 Å². The second-order valence-corrected chi connectivity index (χ2v) is 10.2. The standard InChI is InChI=1S/C18H21N3O4S2/c1-3-27(24,25)20-16-11-7-10-15(12-16)17-13-18(14-8-5-4-6-9-14)21(19-17)26(2,22)23/h4-12,18,20H,3,13H2,1-2H3. The van der Waals surface area contributed by atoms with Crippen molar-refractivity contribution in [2.45, 2.75) is 19.4 Å². The van der Waals surface area contributed by atoms with E-state index in [1.165, 1.54) is 0 Å². The predicted molar refractivity (Wildman–Crippen MR) is 107 cm³/mol. The van der Waals surface area contributed by atoms with E-state index in [-0.39, 0.29) is 5.75 Å². The van der Waals surface area contributed by atoms with E-state index in [2.05, 4.69) is 9.82 Å². The third-order valence-corrected chi connectivity index (χ3v) is 6.57. The van der Waals surface area contributed by atoms with Gasteiger partial charge >= 0.3 is 0 Å². The Balaban J connectivity index is 1.95. The Morgan fingerprint density at radius 1 is 1.07 bits per heavy atom. The second-order valence-electron chi connectivity index (χ2n) is 6.30. The van der Waals surface area contributed by atoms with E-state index in [0.717, 1.165) is 16.2 Å². The molecule has 0 fully saturated rings. The number of rotatable bonds is 6. The molecule has 9 heteroatoms. The van der Waals surface area contributed by atoms with Gasteiger partial charge in [-0.25, -0.2) is 16.8 Å². The zero-order chi connectivity index (χ0) is 19.7. The highest BCUT2D eigenvalue weighted by Crippen LogP contribution is 2.34. The summed E-state index contributed by atoms with van der Waals surface area (Å²) in [5.74, 6) is -0.0316. The molecular weight excluding hydrogens is 386 g/mol. The molecule has 0 radical (unpaired) electrons. The molecular formula is C18H21N3O4S2. The Morgan fingerprint density at radius 2 is 1.78 bits per heavy atom. The fourth-order valence-corrected chi connectivity index (χ4v) is 4.44. The molecule has 7 nitrogen and oxygen atoms in total. The summed E-state index contributed by atoms with van der Waals surface area (Å²) < 4.78 is 51.6. The van der Waals surface area contributed by atoms with Gasteiger partial charge in [-0.05, 0) is 30.2 Å². The molecule has 144 valence electrons. The van der Waals surface area contributed by atoms with Crippen molar-refractivity contribution >= 4 is 31.4 Å². The van der Waals surface area contributed by atoms with Crippen LogP contribution in [0.1, 0.15) is 30.5 Å². The Morgan fingerprint density at radius 3 is 2.41 bits per heavy atom. The number of hydrogen-bond acceptors (Lipinski definition) is 5. The summed E-state index contributed by atoms with van der Waals surface area (Å²) in [7, 11) is -6.95. The van der Waals surface area contributed by atoms with Crippen LogP contribution in [-0.2, 0) is 20.0 Å². The minimum absolute atomic E-state index is 0.0316. The summed E-state index contributed by atoms with van der Waals surface area (Å²) in [5, 5.41) is 4.33. The van der Waals surface area contributed by atoms with Gasteiger partial charge in [-0.1, -0.05) is 42.5 Å². The molecule has 1 aliphatic rings. The molecule has 27 heavy (non-hydrogen) atoms. The first-order valence-corrected chi connectivity index (χ1v) is 11.9. The Labute approximate surface area is 159 Å². The van der Waals surface area contributed by atoms with Gasteiger partial charge in [0.15, 0.2) is 0 Å². The van der Waals surface area contributed by atoms with Gasteiger partial charge in [0.25, 0.3) is 0 Å². The summed E-state index contributed by atoms with van der Waals surface area (Å²) in [6.07, 6.45) is 1.53. The number of nitrogens with zero attached hydrogens (tertiary/aromatic N) is 2. The van der Waals surface area contributed by atoms with E-state index >= 15 is 0 Å². The van der Waals surface area contributed by atoms with Gasteiger partial charge in [0.1, 0.15) is 0 Å². The van der Waals surface area contributed by atoms with Crippen LogP contribution in [0.4, 0.5) is 5.69 Å². The molecule has 1 atom stereocenters. The number of sulfonamides is 2. The Kier molecular flexibility index (Phi) is 5.25. The quantitative estimate of drug-likeness (QED) is 0.796. The largest absolute Gasteiger partial charge is 0.284 e. The van der Waals surface area contributed by atoms with Crippen molar-refractivity contribution in [3.63, 3.8) is 0 Å². The van der Waals surface area contributed by atoms with Crippen molar-refractivity contribution in [1.29, 1.82) is 0 Å². The van der Waals surface area contributed by atoms with E-state index in [1.54, 1.807) is 31.2 Å². The monoisotopic (exact) mass is 407 g/mol. The molecule has 1 unspecified atom stereocenters. The molecule has 0 bridgehead atoms. The summed E-state index contributed by atoms with van der Waals surface area (Å²) in [6, 6.07) is 15.7. The molecule has 1 heterocycles. The van der Waals surface area contributed by atoms with E-state index < -0.39 is 26.1 Å². The van der Waals surface area contributed by atoms with Crippen molar-refractivity contribution in [3.8, 4) is 0 Å². The lowest BCUT2D eigenvalue weighted by molar-refractivity contribution is 0.375. The molecule has 0 aliphatic carbocycles. The normalized spacial score (nSPS) is 17.6. The molecule has 2 aromatic carbocycles. The SMILES string of the molecule is CCS(=O)(=O)Nc1cccc(C2=NN(S(C)(=O)=O)C(c3ccccc3)C2)c1. The van der Waals surface area contributed by atoms with Crippen molar-refractivity contribution in [3.05, 3.63) is 65.7 Å². The maximum atomic E-state index is 12.2. The fourth-order valence-electron chi connectivity index (χ4n) is 2.91. The predicted octanol–water partition coefficient (Wildman–Crippen LogP) is 2.56. The molecule has 2 aromatic rings. The fraction of sp³-hybridized carbons (Fsp3) is 0.278. The van der Waals surface area contributed by atoms with Gasteiger partial charge in [-0.15, -0.1) is 0 Å². The minimum Gasteiger partial charge on any atom is -0.284 e. The van der Waals surface area contributed by atoms with Gasteiger partial charge in [0.05, 0.1) is 23.8 Å². The van der Waals surface area contributed by atoms with Gasteiger partial charge in [-0.2, -0.15) is 9.52 Å². The summed E-state index contributed by atoms with van der Waals surface area (Å²) >= 11 is 0. The third kappa shape index (κ3) is 4.48. The van der Waals surface area contributed by atoms with Crippen molar-refractivity contribution in [1.82, 2.24) is 4.41 Å². The van der Waals surface area contributed by atoms with Crippen LogP contribution in [0.25, 0.3) is 0 Å². The molecule has 3 rings (SSSR count). The van der Waals surface area contributed by atoms with E-state index in [9.17, 15) is 16.8 Å². The first-order valence-electron chi connectivity index (χ1n) is 8.42. The van der Waals surface area contributed by atoms with E-state index in [1.807, 2.05) is 30.3 Å².